The van der Waals surface area contributed by atoms with Crippen molar-refractivity contribution in [2.45, 2.75) is 13.3 Å². The Morgan fingerprint density at radius 3 is 1.32 bits per heavy atom. The molecule has 0 saturated carbocycles. The van der Waals surface area contributed by atoms with Gasteiger partial charge in [0, 0.05) is 5.97 Å². The molecular formula is C17H15O2-. The van der Waals surface area contributed by atoms with Gasteiger partial charge in [0.25, 0.3) is 0 Å². The van der Waals surface area contributed by atoms with E-state index in [-0.39, 0.29) is 6.42 Å². The first kappa shape index (κ1) is 13.1. The van der Waals surface area contributed by atoms with E-state index >= 15 is 0 Å². The summed E-state index contributed by atoms with van der Waals surface area (Å²) in [5.41, 5.74) is 0. The van der Waals surface area contributed by atoms with E-state index in [9.17, 15) is 9.90 Å². The molecule has 96 valence electrons. The van der Waals surface area contributed by atoms with E-state index < -0.39 is 5.97 Å². The van der Waals surface area contributed by atoms with E-state index in [1.807, 2.05) is 0 Å². The molecule has 0 N–H and O–H groups in total. The van der Waals surface area contributed by atoms with Crippen molar-refractivity contribution < 1.29 is 9.90 Å². The third-order valence-electron chi connectivity index (χ3n) is 2.90. The first-order valence-corrected chi connectivity index (χ1v) is 6.28. The lowest BCUT2D eigenvalue weighted by atomic mass is 10.0. The average molecular weight is 251 g/mol. The third-order valence-corrected chi connectivity index (χ3v) is 2.90. The normalized spacial score (nSPS) is 9.95. The molecule has 0 aromatic heterocycles. The highest BCUT2D eigenvalue weighted by atomic mass is 16.4. The molecule has 0 atom stereocenters. The van der Waals surface area contributed by atoms with Gasteiger partial charge >= 0.3 is 0 Å². The summed E-state index contributed by atoms with van der Waals surface area (Å²) < 4.78 is 0. The van der Waals surface area contributed by atoms with Crippen LogP contribution in [0.1, 0.15) is 13.3 Å². The van der Waals surface area contributed by atoms with Crippen molar-refractivity contribution in [1.29, 1.82) is 0 Å². The van der Waals surface area contributed by atoms with Crippen molar-refractivity contribution >= 4 is 27.5 Å². The van der Waals surface area contributed by atoms with Crippen LogP contribution >= 0.6 is 0 Å². The molecule has 0 spiro atoms. The van der Waals surface area contributed by atoms with Gasteiger partial charge in [-0.05, 0) is 40.1 Å². The minimum absolute atomic E-state index is 0.111. The fourth-order valence-corrected chi connectivity index (χ4v) is 1.88. The maximum Gasteiger partial charge on any atom is 0.0411 e. The smallest absolute Gasteiger partial charge is 0.0411 e. The van der Waals surface area contributed by atoms with Gasteiger partial charge in [-0.2, -0.15) is 0 Å². The van der Waals surface area contributed by atoms with Crippen molar-refractivity contribution in [3.05, 3.63) is 60.7 Å². The molecule has 0 fully saturated rings. The quantitative estimate of drug-likeness (QED) is 0.623. The van der Waals surface area contributed by atoms with Crippen LogP contribution < -0.4 is 5.11 Å². The zero-order chi connectivity index (χ0) is 13.7. The molecule has 0 aliphatic heterocycles. The zero-order valence-corrected chi connectivity index (χ0v) is 10.8. The van der Waals surface area contributed by atoms with Crippen molar-refractivity contribution in [3.63, 3.8) is 0 Å². The highest BCUT2D eigenvalue weighted by Gasteiger charge is 1.95. The average Bonchev–Trinajstić information content (AvgIpc) is 2.45. The van der Waals surface area contributed by atoms with Crippen LogP contribution in [-0.4, -0.2) is 5.97 Å². The molecule has 0 aliphatic rings. The van der Waals surface area contributed by atoms with Crippen LogP contribution in [-0.2, 0) is 4.79 Å². The van der Waals surface area contributed by atoms with Gasteiger partial charge in [0.15, 0.2) is 0 Å². The fraction of sp³-hybridized carbons (Fsp3) is 0.118. The van der Waals surface area contributed by atoms with Gasteiger partial charge in [-0.25, -0.2) is 0 Å². The molecule has 0 radical (unpaired) electrons. The second kappa shape index (κ2) is 6.01. The second-order valence-corrected chi connectivity index (χ2v) is 4.27. The molecule has 0 saturated heterocycles. The van der Waals surface area contributed by atoms with Gasteiger partial charge < -0.3 is 9.90 Å². The SMILES string of the molecule is CCC(=O)[O-].c1ccc2cc3ccccc3cc2c1. The minimum Gasteiger partial charge on any atom is -0.550 e. The molecule has 19 heavy (non-hydrogen) atoms. The van der Waals surface area contributed by atoms with E-state index in [0.29, 0.717) is 0 Å². The van der Waals surface area contributed by atoms with Gasteiger partial charge in [-0.1, -0.05) is 55.5 Å². The van der Waals surface area contributed by atoms with Crippen molar-refractivity contribution in [3.8, 4) is 0 Å². The molecular weight excluding hydrogens is 236 g/mol. The Labute approximate surface area is 112 Å². The van der Waals surface area contributed by atoms with E-state index in [4.69, 9.17) is 0 Å². The summed E-state index contributed by atoms with van der Waals surface area (Å²) in [6, 6.07) is 21.4. The van der Waals surface area contributed by atoms with Gasteiger partial charge in [0.1, 0.15) is 0 Å². The monoisotopic (exact) mass is 251 g/mol. The van der Waals surface area contributed by atoms with Crippen LogP contribution in [0.2, 0.25) is 0 Å². The molecule has 0 amide bonds. The number of carboxylic acids is 1. The molecule has 3 aromatic rings. The number of aliphatic carboxylic acids is 1. The highest BCUT2D eigenvalue weighted by molar-refractivity contribution is 5.98. The standard InChI is InChI=1S/C14H10.C3H6O2/c1-2-6-12-10-14-8-4-3-7-13(14)9-11(12)5-1;1-2-3(4)5/h1-10H;2H2,1H3,(H,4,5)/p-1. The number of carbonyl (C=O) groups is 1. The Kier molecular flexibility index (Phi) is 4.14. The van der Waals surface area contributed by atoms with Gasteiger partial charge in [-0.15, -0.1) is 0 Å². The summed E-state index contributed by atoms with van der Waals surface area (Å²) in [6.45, 7) is 1.54. The number of fused-ring (bicyclic) bond motifs is 2. The Morgan fingerprint density at radius 1 is 0.842 bits per heavy atom. The van der Waals surface area contributed by atoms with Crippen molar-refractivity contribution in [1.82, 2.24) is 0 Å². The summed E-state index contributed by atoms with van der Waals surface area (Å²) in [5, 5.41) is 14.5. The molecule has 3 aromatic carbocycles. The molecule has 0 aliphatic carbocycles. The Balaban J connectivity index is 0.000000232. The summed E-state index contributed by atoms with van der Waals surface area (Å²) in [6.07, 6.45) is 0.111. The maximum atomic E-state index is 9.26. The molecule has 2 nitrogen and oxygen atoms in total. The Morgan fingerprint density at radius 2 is 1.11 bits per heavy atom. The lowest BCUT2D eigenvalue weighted by Crippen LogP contribution is -2.19. The minimum atomic E-state index is -0.995. The van der Waals surface area contributed by atoms with E-state index in [0.717, 1.165) is 0 Å². The Bertz CT molecular complexity index is 597. The number of carbonyl (C=O) groups excluding carboxylic acids is 1. The lowest BCUT2D eigenvalue weighted by molar-refractivity contribution is -0.305. The van der Waals surface area contributed by atoms with E-state index in [1.54, 1.807) is 0 Å². The van der Waals surface area contributed by atoms with E-state index in [1.165, 1.54) is 28.5 Å². The molecule has 0 heterocycles. The van der Waals surface area contributed by atoms with Crippen LogP contribution in [0.25, 0.3) is 21.5 Å². The largest absolute Gasteiger partial charge is 0.550 e. The maximum absolute atomic E-state index is 9.26. The number of benzene rings is 3. The lowest BCUT2D eigenvalue weighted by Gasteiger charge is -2.00. The summed E-state index contributed by atoms with van der Waals surface area (Å²) in [5.74, 6) is -0.995. The number of hydrogen-bond donors (Lipinski definition) is 0. The number of rotatable bonds is 1. The van der Waals surface area contributed by atoms with Crippen LogP contribution in [0, 0.1) is 0 Å². The van der Waals surface area contributed by atoms with Crippen LogP contribution in [0.3, 0.4) is 0 Å². The zero-order valence-electron chi connectivity index (χ0n) is 10.8. The summed E-state index contributed by atoms with van der Waals surface area (Å²) in [7, 11) is 0. The topological polar surface area (TPSA) is 40.1 Å². The Hall–Kier alpha value is -2.35. The first-order valence-electron chi connectivity index (χ1n) is 6.28. The summed E-state index contributed by atoms with van der Waals surface area (Å²) in [4.78, 5) is 9.26. The fourth-order valence-electron chi connectivity index (χ4n) is 1.88. The molecule has 3 rings (SSSR count). The van der Waals surface area contributed by atoms with Crippen molar-refractivity contribution in [2.75, 3.05) is 0 Å². The predicted octanol–water partition coefficient (Wildman–Crippen LogP) is 3.14. The summed E-state index contributed by atoms with van der Waals surface area (Å²) >= 11 is 0. The van der Waals surface area contributed by atoms with Gasteiger partial charge in [0.2, 0.25) is 0 Å². The molecule has 0 bridgehead atoms. The highest BCUT2D eigenvalue weighted by Crippen LogP contribution is 2.21. The van der Waals surface area contributed by atoms with Gasteiger partial charge in [0.05, 0.1) is 0 Å². The van der Waals surface area contributed by atoms with Crippen LogP contribution in [0.5, 0.6) is 0 Å². The number of hydrogen-bond acceptors (Lipinski definition) is 2. The van der Waals surface area contributed by atoms with Gasteiger partial charge in [-0.3, -0.25) is 0 Å². The van der Waals surface area contributed by atoms with Crippen LogP contribution in [0.4, 0.5) is 0 Å². The predicted molar refractivity (Wildman–Crippen MR) is 76.8 cm³/mol. The third kappa shape index (κ3) is 3.32. The van der Waals surface area contributed by atoms with Crippen LogP contribution in [0.15, 0.2) is 60.7 Å². The number of carboxylic acid groups (broad SMARTS) is 1. The molecule has 0 unspecified atom stereocenters. The van der Waals surface area contributed by atoms with Crippen molar-refractivity contribution in [2.24, 2.45) is 0 Å². The second-order valence-electron chi connectivity index (χ2n) is 4.27. The van der Waals surface area contributed by atoms with E-state index in [2.05, 4.69) is 60.7 Å². The first-order chi connectivity index (χ1) is 9.20. The molecule has 2 heteroatoms.